The third-order valence-corrected chi connectivity index (χ3v) is 13.8. The quantitative estimate of drug-likeness (QED) is 0.0912. The molecule has 0 N–H and O–H groups in total. The minimum atomic E-state index is -0.107. The van der Waals surface area contributed by atoms with Gasteiger partial charge in [-0.3, -0.25) is 4.57 Å². The number of rotatable bonds is 7. The van der Waals surface area contributed by atoms with Crippen molar-refractivity contribution >= 4 is 44.6 Å². The van der Waals surface area contributed by atoms with Gasteiger partial charge in [-0.15, -0.1) is 0 Å². The van der Waals surface area contributed by atoms with E-state index >= 15 is 0 Å². The lowest BCUT2D eigenvalue weighted by molar-refractivity contribution is 0.419. The van der Waals surface area contributed by atoms with Gasteiger partial charge < -0.3 is 4.74 Å². The molecule has 5 heteroatoms. The second-order valence-corrected chi connectivity index (χ2v) is 19.7. The molecule has 0 spiro atoms. The molecule has 4 heterocycles. The maximum Gasteiger partial charge on any atom is 0.225 e. The Balaban J connectivity index is 1.04. The van der Waals surface area contributed by atoms with Crippen LogP contribution in [0.5, 0.6) is 11.5 Å². The Labute approximate surface area is 360 Å². The summed E-state index contributed by atoms with van der Waals surface area (Å²) < 4.78 is 10.6. The highest BCUT2D eigenvalue weighted by Crippen LogP contribution is 2.75. The Morgan fingerprint density at radius 1 is 0.557 bits per heavy atom. The van der Waals surface area contributed by atoms with Gasteiger partial charge in [0.15, 0.2) is 18.0 Å². The molecule has 1 unspecified atom stereocenters. The van der Waals surface area contributed by atoms with E-state index in [0.717, 1.165) is 28.4 Å². The van der Waals surface area contributed by atoms with Gasteiger partial charge in [0.05, 0.1) is 11.0 Å². The van der Waals surface area contributed by atoms with Crippen LogP contribution in [0.3, 0.4) is 0 Å². The van der Waals surface area contributed by atoms with Crippen LogP contribution in [0.4, 0.5) is 22.7 Å². The van der Waals surface area contributed by atoms with Crippen LogP contribution in [-0.2, 0) is 10.8 Å². The summed E-state index contributed by atoms with van der Waals surface area (Å²) >= 11 is 0. The molecule has 0 bridgehead atoms. The summed E-state index contributed by atoms with van der Waals surface area (Å²) in [6.45, 7) is 16.2. The normalized spacial score (nSPS) is 20.0. The highest BCUT2D eigenvalue weighted by Gasteiger charge is 2.78. The van der Waals surface area contributed by atoms with Crippen molar-refractivity contribution in [1.29, 1.82) is 0 Å². The first-order valence-corrected chi connectivity index (χ1v) is 22.2. The molecular formula is C56H55N4O+. The predicted octanol–water partition coefficient (Wildman–Crippen LogP) is 15.6. The lowest BCUT2D eigenvalue weighted by atomic mass is 9.83. The highest BCUT2D eigenvalue weighted by molar-refractivity contribution is 6.09. The molecule has 2 aromatic heterocycles. The first-order valence-electron chi connectivity index (χ1n) is 22.2. The van der Waals surface area contributed by atoms with Gasteiger partial charge in [-0.25, -0.2) is 4.98 Å². The zero-order valence-corrected chi connectivity index (χ0v) is 36.3. The third-order valence-electron chi connectivity index (χ3n) is 13.8. The molecule has 1 saturated carbocycles. The van der Waals surface area contributed by atoms with E-state index in [1.54, 1.807) is 0 Å². The average Bonchev–Trinajstić information content (AvgIpc) is 3.77. The van der Waals surface area contributed by atoms with E-state index in [-0.39, 0.29) is 10.8 Å². The molecule has 2 aliphatic heterocycles. The van der Waals surface area contributed by atoms with Gasteiger partial charge in [0, 0.05) is 59.4 Å². The minimum absolute atomic E-state index is 0.00286. The molecule has 2 atom stereocenters. The number of para-hydroxylation sites is 3. The summed E-state index contributed by atoms with van der Waals surface area (Å²) in [7, 11) is 0. The lowest BCUT2D eigenvalue weighted by Crippen LogP contribution is -2.46. The fourth-order valence-electron chi connectivity index (χ4n) is 10.4. The number of quaternary nitrogens is 2. The van der Waals surface area contributed by atoms with Crippen LogP contribution in [0.2, 0.25) is 0 Å². The van der Waals surface area contributed by atoms with E-state index in [1.807, 2.05) is 6.20 Å². The molecular weight excluding hydrogens is 745 g/mol. The van der Waals surface area contributed by atoms with Crippen LogP contribution in [0.15, 0.2) is 152 Å². The number of ether oxygens (including phenoxy) is 1. The molecule has 2 fully saturated rings. The van der Waals surface area contributed by atoms with E-state index in [2.05, 4.69) is 198 Å². The summed E-state index contributed by atoms with van der Waals surface area (Å²) in [4.78, 5) is 4.93. The number of aromatic nitrogens is 2. The molecule has 0 radical (unpaired) electrons. The summed E-state index contributed by atoms with van der Waals surface area (Å²) in [6.07, 6.45) is 8.43. The first kappa shape index (κ1) is 38.0. The van der Waals surface area contributed by atoms with Crippen LogP contribution in [0, 0.1) is 6.67 Å². The van der Waals surface area contributed by atoms with E-state index < -0.39 is 0 Å². The Morgan fingerprint density at radius 2 is 1.23 bits per heavy atom. The van der Waals surface area contributed by atoms with Gasteiger partial charge in [-0.1, -0.05) is 128 Å². The predicted molar refractivity (Wildman–Crippen MR) is 254 cm³/mol. The Bertz CT molecular complexity index is 3000. The van der Waals surface area contributed by atoms with Gasteiger partial charge >= 0.3 is 0 Å². The Kier molecular flexibility index (Phi) is 8.56. The van der Waals surface area contributed by atoms with Crippen LogP contribution < -0.4 is 13.9 Å². The summed E-state index contributed by atoms with van der Waals surface area (Å²) in [5, 5.41) is 2.38. The highest BCUT2D eigenvalue weighted by atomic mass is 16.5. The number of fused-ring (bicyclic) bond motifs is 7. The van der Waals surface area contributed by atoms with Crippen molar-refractivity contribution in [1.82, 2.24) is 18.7 Å². The zero-order chi connectivity index (χ0) is 41.7. The van der Waals surface area contributed by atoms with Gasteiger partial charge in [0.1, 0.15) is 17.3 Å². The number of pyridine rings is 1. The Morgan fingerprint density at radius 3 is 1.97 bits per heavy atom. The summed E-state index contributed by atoms with van der Waals surface area (Å²) in [5.41, 5.74) is 13.8. The van der Waals surface area contributed by atoms with Crippen molar-refractivity contribution in [2.75, 3.05) is 0 Å². The van der Waals surface area contributed by atoms with Crippen molar-refractivity contribution in [3.05, 3.63) is 175 Å². The van der Waals surface area contributed by atoms with Gasteiger partial charge in [-0.05, 0) is 93.8 Å². The second-order valence-electron chi connectivity index (χ2n) is 19.7. The molecule has 304 valence electrons. The van der Waals surface area contributed by atoms with Gasteiger partial charge in [0.2, 0.25) is 11.4 Å². The largest absolute Gasteiger partial charge is 0.457 e. The van der Waals surface area contributed by atoms with Crippen molar-refractivity contribution in [3.63, 3.8) is 0 Å². The Hall–Kier alpha value is -6.01. The van der Waals surface area contributed by atoms with E-state index in [4.69, 9.17) is 9.72 Å². The topological polar surface area (TPSA) is 27.1 Å². The smallest absolute Gasteiger partial charge is 0.225 e. The summed E-state index contributed by atoms with van der Waals surface area (Å²) in [6, 6.07) is 54.0. The van der Waals surface area contributed by atoms with Crippen LogP contribution in [0.25, 0.3) is 38.8 Å². The number of benzene rings is 6. The molecule has 11 rings (SSSR count). The van der Waals surface area contributed by atoms with Crippen molar-refractivity contribution < 1.29 is 4.74 Å². The minimum Gasteiger partial charge on any atom is -0.457 e. The van der Waals surface area contributed by atoms with Gasteiger partial charge in [-0.2, -0.15) is 9.18 Å². The van der Waals surface area contributed by atoms with E-state index in [9.17, 15) is 0 Å². The van der Waals surface area contributed by atoms with Crippen molar-refractivity contribution in [3.8, 4) is 28.4 Å². The molecule has 5 nitrogen and oxygen atoms in total. The zero-order valence-electron chi connectivity index (χ0n) is 36.3. The molecule has 1 aliphatic carbocycles. The second kappa shape index (κ2) is 13.8. The molecule has 1 saturated heterocycles. The SMILES string of the molecule is CC(C)(C)c1cc(Oc2ccc3c4ccccc4n(-c4cc(C(C)(C)C)ccn4)c3c2)cc([N+]23[CH-][N@+]2(c2cc(-c4ccccc4)cc(C4CCCCC4)c2)c2ccccc23)c1. The maximum absolute atomic E-state index is 7.05. The monoisotopic (exact) mass is 799 g/mol. The van der Waals surface area contributed by atoms with Crippen LogP contribution >= 0.6 is 0 Å². The number of hydrogen-bond acceptors (Lipinski definition) is 2. The molecule has 61 heavy (non-hydrogen) atoms. The lowest BCUT2D eigenvalue weighted by Gasteiger charge is -2.40. The first-order chi connectivity index (χ1) is 29.4. The van der Waals surface area contributed by atoms with Crippen LogP contribution in [-0.4, -0.2) is 9.55 Å². The van der Waals surface area contributed by atoms with Crippen molar-refractivity contribution in [2.24, 2.45) is 0 Å². The maximum atomic E-state index is 7.05. The fraction of sp³-hybridized carbons (Fsp3) is 0.250. The van der Waals surface area contributed by atoms with Crippen molar-refractivity contribution in [2.45, 2.75) is 90.4 Å². The number of nitrogens with zero attached hydrogens (tertiary/aromatic N) is 4. The molecule has 0 amide bonds. The fourth-order valence-corrected chi connectivity index (χ4v) is 10.4. The number of hydrogen-bond donors (Lipinski definition) is 0. The summed E-state index contributed by atoms with van der Waals surface area (Å²) in [5.74, 6) is 3.14. The molecule has 6 aromatic carbocycles. The third kappa shape index (κ3) is 6.00. The van der Waals surface area contributed by atoms with Gasteiger partial charge in [0.25, 0.3) is 0 Å². The van der Waals surface area contributed by atoms with E-state index in [1.165, 1.54) is 93.4 Å². The standard InChI is InChI=1S/C56H55N4O/c1-55(2,3)42-27-28-57-54(34-42)58-50-22-14-13-21-48(50)49-26-25-46(36-51(49)58)61-47-33-43(56(4,5)6)32-45(35-47)60-37-59(60,52-23-15-16-24-53(52)60)44-30-40(38-17-9-7-10-18-38)29-41(31-44)39-19-11-8-12-20-39/h7,9-10,13-18,21-37,39H,8,11-12,19-20H2,1-6H3/q+1/t59-,60?/m0/s1. The molecule has 8 aromatic rings. The van der Waals surface area contributed by atoms with Crippen LogP contribution in [0.1, 0.15) is 96.3 Å². The average molecular weight is 800 g/mol. The van der Waals surface area contributed by atoms with E-state index in [0.29, 0.717) is 15.1 Å². The molecule has 3 aliphatic rings.